The third-order valence-corrected chi connectivity index (χ3v) is 3.53. The molecule has 1 heterocycles. The van der Waals surface area contributed by atoms with E-state index in [9.17, 15) is 0 Å². The molecule has 1 saturated heterocycles. The second kappa shape index (κ2) is 5.27. The first kappa shape index (κ1) is 11.4. The van der Waals surface area contributed by atoms with Crippen LogP contribution in [0.15, 0.2) is 24.3 Å². The summed E-state index contributed by atoms with van der Waals surface area (Å²) in [6, 6.07) is 8.70. The molecule has 1 aliphatic heterocycles. The highest BCUT2D eigenvalue weighted by atomic mass is 127. The molecule has 2 rings (SSSR count). The van der Waals surface area contributed by atoms with E-state index in [1.165, 1.54) is 15.6 Å². The highest BCUT2D eigenvalue weighted by Gasteiger charge is 2.21. The highest BCUT2D eigenvalue weighted by molar-refractivity contribution is 14.1. The normalized spacial score (nSPS) is 22.1. The second-order valence-electron chi connectivity index (χ2n) is 4.01. The summed E-state index contributed by atoms with van der Waals surface area (Å²) < 4.78 is 6.67. The molecular formula is C12H16INO. The summed E-state index contributed by atoms with van der Waals surface area (Å²) in [7, 11) is 1.81. The van der Waals surface area contributed by atoms with Gasteiger partial charge in [-0.3, -0.25) is 4.90 Å². The number of likely N-dealkylation sites (tertiary alicyclic amines) is 1. The largest absolute Gasteiger partial charge is 0.380 e. The van der Waals surface area contributed by atoms with Gasteiger partial charge >= 0.3 is 0 Å². The number of ether oxygens (including phenoxy) is 1. The Labute approximate surface area is 105 Å². The van der Waals surface area contributed by atoms with E-state index in [4.69, 9.17) is 4.74 Å². The zero-order valence-electron chi connectivity index (χ0n) is 8.95. The van der Waals surface area contributed by atoms with Crippen LogP contribution in [0.1, 0.15) is 12.0 Å². The van der Waals surface area contributed by atoms with Crippen molar-refractivity contribution in [2.45, 2.75) is 19.1 Å². The fourth-order valence-corrected chi connectivity index (χ4v) is 2.63. The lowest BCUT2D eigenvalue weighted by Gasteiger charge is -2.15. The average molecular weight is 317 g/mol. The maximum atomic E-state index is 5.36. The van der Waals surface area contributed by atoms with Crippen molar-refractivity contribution in [3.05, 3.63) is 33.4 Å². The molecule has 0 aromatic heterocycles. The van der Waals surface area contributed by atoms with Crippen molar-refractivity contribution in [2.75, 3.05) is 20.2 Å². The Morgan fingerprint density at radius 1 is 1.53 bits per heavy atom. The maximum Gasteiger partial charge on any atom is 0.0710 e. The van der Waals surface area contributed by atoms with Crippen molar-refractivity contribution < 1.29 is 4.74 Å². The lowest BCUT2D eigenvalue weighted by molar-refractivity contribution is 0.107. The molecule has 1 aliphatic rings. The molecule has 3 heteroatoms. The number of benzene rings is 1. The van der Waals surface area contributed by atoms with Crippen LogP contribution in [0.4, 0.5) is 0 Å². The standard InChI is InChI=1S/C12H16INO/c1-15-12-5-6-14(9-12)8-10-3-2-4-11(13)7-10/h2-4,7,12H,5-6,8-9H2,1H3. The first-order valence-corrected chi connectivity index (χ1v) is 6.35. The van der Waals surface area contributed by atoms with Crippen LogP contribution in [0.2, 0.25) is 0 Å². The molecule has 0 bridgehead atoms. The molecule has 1 aromatic rings. The fourth-order valence-electron chi connectivity index (χ4n) is 2.03. The van der Waals surface area contributed by atoms with E-state index in [2.05, 4.69) is 51.8 Å². The fraction of sp³-hybridized carbons (Fsp3) is 0.500. The van der Waals surface area contributed by atoms with Crippen LogP contribution in [0.5, 0.6) is 0 Å². The van der Waals surface area contributed by atoms with E-state index in [0.717, 1.165) is 19.6 Å². The lowest BCUT2D eigenvalue weighted by atomic mass is 10.2. The number of hydrogen-bond donors (Lipinski definition) is 0. The predicted octanol–water partition coefficient (Wildman–Crippen LogP) is 2.51. The Hall–Kier alpha value is -0.130. The van der Waals surface area contributed by atoms with E-state index in [1.807, 2.05) is 0 Å². The Morgan fingerprint density at radius 2 is 2.40 bits per heavy atom. The minimum absolute atomic E-state index is 0.438. The smallest absolute Gasteiger partial charge is 0.0710 e. The Morgan fingerprint density at radius 3 is 3.07 bits per heavy atom. The second-order valence-corrected chi connectivity index (χ2v) is 5.26. The summed E-state index contributed by atoms with van der Waals surface area (Å²) in [5, 5.41) is 0. The Kier molecular flexibility index (Phi) is 3.99. The molecule has 0 saturated carbocycles. The molecule has 1 fully saturated rings. The van der Waals surface area contributed by atoms with Crippen molar-refractivity contribution >= 4 is 22.6 Å². The van der Waals surface area contributed by atoms with Gasteiger partial charge in [-0.05, 0) is 46.7 Å². The van der Waals surface area contributed by atoms with Crippen LogP contribution >= 0.6 is 22.6 Å². The SMILES string of the molecule is COC1CCN(Cc2cccc(I)c2)C1. The molecule has 15 heavy (non-hydrogen) atoms. The van der Waals surface area contributed by atoms with Gasteiger partial charge in [0, 0.05) is 30.3 Å². The third kappa shape index (κ3) is 3.16. The molecule has 0 aliphatic carbocycles. The molecule has 0 N–H and O–H groups in total. The third-order valence-electron chi connectivity index (χ3n) is 2.86. The van der Waals surface area contributed by atoms with Crippen LogP contribution < -0.4 is 0 Å². The molecule has 1 atom stereocenters. The van der Waals surface area contributed by atoms with Gasteiger partial charge < -0.3 is 4.74 Å². The van der Waals surface area contributed by atoms with Crippen LogP contribution in [0.3, 0.4) is 0 Å². The van der Waals surface area contributed by atoms with Gasteiger partial charge in [-0.1, -0.05) is 12.1 Å². The molecular weight excluding hydrogens is 301 g/mol. The van der Waals surface area contributed by atoms with Gasteiger partial charge in [0.05, 0.1) is 6.10 Å². The zero-order valence-corrected chi connectivity index (χ0v) is 11.1. The molecule has 0 spiro atoms. The number of rotatable bonds is 3. The topological polar surface area (TPSA) is 12.5 Å². The molecule has 2 nitrogen and oxygen atoms in total. The molecule has 0 radical (unpaired) electrons. The van der Waals surface area contributed by atoms with Crippen LogP contribution in [0, 0.1) is 3.57 Å². The average Bonchev–Trinajstić information content (AvgIpc) is 2.65. The summed E-state index contributed by atoms with van der Waals surface area (Å²) in [6.07, 6.45) is 1.60. The van der Waals surface area contributed by atoms with Gasteiger partial charge in [0.2, 0.25) is 0 Å². The van der Waals surface area contributed by atoms with Gasteiger partial charge in [0.15, 0.2) is 0 Å². The number of halogens is 1. The van der Waals surface area contributed by atoms with E-state index in [1.54, 1.807) is 7.11 Å². The minimum atomic E-state index is 0.438. The number of hydrogen-bond acceptors (Lipinski definition) is 2. The summed E-state index contributed by atoms with van der Waals surface area (Å²) in [5.74, 6) is 0. The summed E-state index contributed by atoms with van der Waals surface area (Å²) in [4.78, 5) is 2.46. The highest BCUT2D eigenvalue weighted by Crippen LogP contribution is 2.16. The van der Waals surface area contributed by atoms with E-state index >= 15 is 0 Å². The summed E-state index contributed by atoms with van der Waals surface area (Å²) in [6.45, 7) is 3.28. The van der Waals surface area contributed by atoms with Crippen molar-refractivity contribution in [1.29, 1.82) is 0 Å². The van der Waals surface area contributed by atoms with Gasteiger partial charge in [-0.15, -0.1) is 0 Å². The maximum absolute atomic E-state index is 5.36. The van der Waals surface area contributed by atoms with Crippen LogP contribution in [-0.2, 0) is 11.3 Å². The van der Waals surface area contributed by atoms with Crippen molar-refractivity contribution in [3.8, 4) is 0 Å². The van der Waals surface area contributed by atoms with Crippen molar-refractivity contribution in [2.24, 2.45) is 0 Å². The minimum Gasteiger partial charge on any atom is -0.380 e. The van der Waals surface area contributed by atoms with E-state index in [0.29, 0.717) is 6.10 Å². The Bertz CT molecular complexity index is 329. The molecule has 1 aromatic carbocycles. The molecule has 82 valence electrons. The number of nitrogens with zero attached hydrogens (tertiary/aromatic N) is 1. The summed E-state index contributed by atoms with van der Waals surface area (Å²) in [5.41, 5.74) is 1.40. The quantitative estimate of drug-likeness (QED) is 0.795. The van der Waals surface area contributed by atoms with Gasteiger partial charge in [0.25, 0.3) is 0 Å². The number of methoxy groups -OCH3 is 1. The van der Waals surface area contributed by atoms with Crippen molar-refractivity contribution in [1.82, 2.24) is 4.90 Å². The molecule has 0 amide bonds. The van der Waals surface area contributed by atoms with E-state index in [-0.39, 0.29) is 0 Å². The van der Waals surface area contributed by atoms with Gasteiger partial charge in [-0.25, -0.2) is 0 Å². The summed E-state index contributed by atoms with van der Waals surface area (Å²) >= 11 is 2.36. The first-order chi connectivity index (χ1) is 7.28. The van der Waals surface area contributed by atoms with Crippen LogP contribution in [-0.4, -0.2) is 31.2 Å². The monoisotopic (exact) mass is 317 g/mol. The van der Waals surface area contributed by atoms with Crippen molar-refractivity contribution in [3.63, 3.8) is 0 Å². The zero-order chi connectivity index (χ0) is 10.7. The van der Waals surface area contributed by atoms with Crippen LogP contribution in [0.25, 0.3) is 0 Å². The molecule has 1 unspecified atom stereocenters. The first-order valence-electron chi connectivity index (χ1n) is 5.27. The van der Waals surface area contributed by atoms with Gasteiger partial charge in [0.1, 0.15) is 0 Å². The van der Waals surface area contributed by atoms with E-state index < -0.39 is 0 Å². The lowest BCUT2D eigenvalue weighted by Crippen LogP contribution is -2.22. The predicted molar refractivity (Wildman–Crippen MR) is 69.9 cm³/mol. The Balaban J connectivity index is 1.92. The van der Waals surface area contributed by atoms with Gasteiger partial charge in [-0.2, -0.15) is 0 Å².